The number of hydrogen-bond donors (Lipinski definition) is 0. The number of carbonyl (C=O) groups excluding carboxylic acids is 2. The van der Waals surface area contributed by atoms with Crippen LogP contribution in [0, 0.1) is 5.92 Å². The summed E-state index contributed by atoms with van der Waals surface area (Å²) in [5.41, 5.74) is -0.0254. The Labute approximate surface area is 138 Å². The van der Waals surface area contributed by atoms with E-state index in [1.807, 2.05) is 9.80 Å². The van der Waals surface area contributed by atoms with Crippen LogP contribution in [0.25, 0.3) is 0 Å². The van der Waals surface area contributed by atoms with Crippen LogP contribution in [0.5, 0.6) is 0 Å². The molecule has 3 saturated heterocycles. The molecular formula is C17H29N3O3. The number of fused-ring (bicyclic) bond motifs is 1. The van der Waals surface area contributed by atoms with Gasteiger partial charge >= 0.3 is 0 Å². The minimum Gasteiger partial charge on any atom is -0.381 e. The van der Waals surface area contributed by atoms with Gasteiger partial charge in [0.05, 0.1) is 0 Å². The Hall–Kier alpha value is -1.14. The van der Waals surface area contributed by atoms with Gasteiger partial charge in [0.25, 0.3) is 0 Å². The number of carbonyl (C=O) groups is 2. The molecule has 0 saturated carbocycles. The average molecular weight is 323 g/mol. The Morgan fingerprint density at radius 3 is 2.35 bits per heavy atom. The molecule has 1 atom stereocenters. The van der Waals surface area contributed by atoms with E-state index in [-0.39, 0.29) is 29.3 Å². The van der Waals surface area contributed by atoms with Crippen molar-refractivity contribution in [3.63, 3.8) is 0 Å². The molecule has 3 heterocycles. The summed E-state index contributed by atoms with van der Waals surface area (Å²) >= 11 is 0. The Kier molecular flexibility index (Phi) is 4.65. The van der Waals surface area contributed by atoms with Crippen LogP contribution < -0.4 is 0 Å². The number of amides is 2. The SMILES string of the molecule is CC(=O)N1C[C@@H]2CN(C(=O)C3CCOCC3)CCN2C(C)(C)C1. The zero-order valence-electron chi connectivity index (χ0n) is 14.6. The molecule has 0 aromatic rings. The number of piperazine rings is 2. The van der Waals surface area contributed by atoms with E-state index in [1.54, 1.807) is 6.92 Å². The molecule has 6 nitrogen and oxygen atoms in total. The molecule has 3 aliphatic heterocycles. The van der Waals surface area contributed by atoms with Gasteiger partial charge in [0.15, 0.2) is 0 Å². The first-order chi connectivity index (χ1) is 10.9. The first-order valence-corrected chi connectivity index (χ1v) is 8.77. The molecule has 0 aromatic heterocycles. The molecule has 23 heavy (non-hydrogen) atoms. The van der Waals surface area contributed by atoms with Crippen molar-refractivity contribution < 1.29 is 14.3 Å². The van der Waals surface area contributed by atoms with Gasteiger partial charge in [-0.1, -0.05) is 0 Å². The molecule has 0 N–H and O–H groups in total. The molecule has 0 bridgehead atoms. The van der Waals surface area contributed by atoms with Crippen molar-refractivity contribution >= 4 is 11.8 Å². The van der Waals surface area contributed by atoms with Gasteiger partial charge in [0, 0.05) is 70.4 Å². The normalized spacial score (nSPS) is 29.3. The van der Waals surface area contributed by atoms with Gasteiger partial charge in [0.1, 0.15) is 0 Å². The summed E-state index contributed by atoms with van der Waals surface area (Å²) in [5.74, 6) is 0.534. The Morgan fingerprint density at radius 1 is 1.04 bits per heavy atom. The van der Waals surface area contributed by atoms with Crippen molar-refractivity contribution in [2.24, 2.45) is 5.92 Å². The van der Waals surface area contributed by atoms with Crippen LogP contribution >= 0.6 is 0 Å². The number of nitrogens with zero attached hydrogens (tertiary/aromatic N) is 3. The molecule has 0 aliphatic carbocycles. The maximum Gasteiger partial charge on any atom is 0.225 e. The number of rotatable bonds is 1. The predicted molar refractivity (Wildman–Crippen MR) is 87.0 cm³/mol. The third-order valence-electron chi connectivity index (χ3n) is 5.60. The highest BCUT2D eigenvalue weighted by molar-refractivity contribution is 5.79. The smallest absolute Gasteiger partial charge is 0.225 e. The third-order valence-corrected chi connectivity index (χ3v) is 5.60. The second-order valence-corrected chi connectivity index (χ2v) is 7.73. The standard InChI is InChI=1S/C17H29N3O3/c1-13(21)19-11-15-10-18(6-7-20(15)17(2,3)12-19)16(22)14-4-8-23-9-5-14/h14-15H,4-12H2,1-3H3/t15-/m0/s1. The highest BCUT2D eigenvalue weighted by Crippen LogP contribution is 2.29. The van der Waals surface area contributed by atoms with E-state index in [4.69, 9.17) is 4.74 Å². The average Bonchev–Trinajstić information content (AvgIpc) is 2.53. The summed E-state index contributed by atoms with van der Waals surface area (Å²) in [6.45, 7) is 11.4. The van der Waals surface area contributed by atoms with Crippen molar-refractivity contribution in [3.8, 4) is 0 Å². The van der Waals surface area contributed by atoms with Crippen LogP contribution in [-0.4, -0.2) is 84.0 Å². The van der Waals surface area contributed by atoms with E-state index in [1.165, 1.54) is 0 Å². The highest BCUT2D eigenvalue weighted by Gasteiger charge is 2.44. The van der Waals surface area contributed by atoms with Crippen molar-refractivity contribution in [1.29, 1.82) is 0 Å². The fourth-order valence-corrected chi connectivity index (χ4v) is 4.33. The van der Waals surface area contributed by atoms with Crippen molar-refractivity contribution in [2.75, 3.05) is 45.9 Å². The van der Waals surface area contributed by atoms with E-state index >= 15 is 0 Å². The molecule has 3 rings (SSSR count). The number of ether oxygens (including phenoxy) is 1. The first kappa shape index (κ1) is 16.7. The topological polar surface area (TPSA) is 53.1 Å². The minimum absolute atomic E-state index is 0.0254. The zero-order valence-corrected chi connectivity index (χ0v) is 14.6. The fraction of sp³-hybridized carbons (Fsp3) is 0.882. The quantitative estimate of drug-likeness (QED) is 0.708. The van der Waals surface area contributed by atoms with Crippen LogP contribution in [0.4, 0.5) is 0 Å². The fourth-order valence-electron chi connectivity index (χ4n) is 4.33. The van der Waals surface area contributed by atoms with Gasteiger partial charge in [-0.05, 0) is 26.7 Å². The molecule has 0 unspecified atom stereocenters. The monoisotopic (exact) mass is 323 g/mol. The van der Waals surface area contributed by atoms with Crippen LogP contribution in [0.15, 0.2) is 0 Å². The van der Waals surface area contributed by atoms with E-state index in [0.717, 1.165) is 45.6 Å². The lowest BCUT2D eigenvalue weighted by Gasteiger charge is -2.55. The lowest BCUT2D eigenvalue weighted by atomic mass is 9.91. The van der Waals surface area contributed by atoms with Gasteiger partial charge in [-0.25, -0.2) is 0 Å². The van der Waals surface area contributed by atoms with Crippen molar-refractivity contribution in [3.05, 3.63) is 0 Å². The van der Waals surface area contributed by atoms with Crippen LogP contribution in [-0.2, 0) is 14.3 Å². The molecule has 3 fully saturated rings. The molecule has 0 radical (unpaired) electrons. The molecular weight excluding hydrogens is 294 g/mol. The molecule has 2 amide bonds. The highest BCUT2D eigenvalue weighted by atomic mass is 16.5. The van der Waals surface area contributed by atoms with Crippen LogP contribution in [0.3, 0.4) is 0 Å². The summed E-state index contributed by atoms with van der Waals surface area (Å²) in [6.07, 6.45) is 1.68. The molecule has 130 valence electrons. The summed E-state index contributed by atoms with van der Waals surface area (Å²) in [6, 6.07) is 0.250. The van der Waals surface area contributed by atoms with Gasteiger partial charge in [-0.15, -0.1) is 0 Å². The Bertz CT molecular complexity index is 474. The van der Waals surface area contributed by atoms with Gasteiger partial charge < -0.3 is 14.5 Å². The Morgan fingerprint density at radius 2 is 1.70 bits per heavy atom. The third kappa shape index (κ3) is 3.38. The van der Waals surface area contributed by atoms with Crippen molar-refractivity contribution in [2.45, 2.75) is 45.2 Å². The van der Waals surface area contributed by atoms with Crippen LogP contribution in [0.2, 0.25) is 0 Å². The first-order valence-electron chi connectivity index (χ1n) is 8.77. The van der Waals surface area contributed by atoms with E-state index < -0.39 is 0 Å². The molecule has 6 heteroatoms. The minimum atomic E-state index is -0.0254. The number of hydrogen-bond acceptors (Lipinski definition) is 4. The van der Waals surface area contributed by atoms with Gasteiger partial charge in [0.2, 0.25) is 11.8 Å². The summed E-state index contributed by atoms with van der Waals surface area (Å²) in [7, 11) is 0. The molecule has 3 aliphatic rings. The maximum absolute atomic E-state index is 12.8. The lowest BCUT2D eigenvalue weighted by molar-refractivity contribution is -0.149. The summed E-state index contributed by atoms with van der Waals surface area (Å²) < 4.78 is 5.37. The Balaban J connectivity index is 1.68. The summed E-state index contributed by atoms with van der Waals surface area (Å²) in [4.78, 5) is 31.1. The zero-order chi connectivity index (χ0) is 16.6. The molecule has 0 spiro atoms. The molecule has 0 aromatic carbocycles. The largest absolute Gasteiger partial charge is 0.381 e. The van der Waals surface area contributed by atoms with Crippen LogP contribution in [0.1, 0.15) is 33.6 Å². The predicted octanol–water partition coefficient (Wildman–Crippen LogP) is 0.567. The second-order valence-electron chi connectivity index (χ2n) is 7.73. The van der Waals surface area contributed by atoms with Crippen molar-refractivity contribution in [1.82, 2.24) is 14.7 Å². The van der Waals surface area contributed by atoms with Gasteiger partial charge in [-0.3, -0.25) is 14.5 Å². The van der Waals surface area contributed by atoms with E-state index in [9.17, 15) is 9.59 Å². The van der Waals surface area contributed by atoms with E-state index in [0.29, 0.717) is 13.2 Å². The van der Waals surface area contributed by atoms with Gasteiger partial charge in [-0.2, -0.15) is 0 Å². The summed E-state index contributed by atoms with van der Waals surface area (Å²) in [5, 5.41) is 0. The second kappa shape index (κ2) is 6.40. The van der Waals surface area contributed by atoms with E-state index in [2.05, 4.69) is 18.7 Å². The maximum atomic E-state index is 12.8. The lowest BCUT2D eigenvalue weighted by Crippen LogP contribution is -2.70.